The summed E-state index contributed by atoms with van der Waals surface area (Å²) in [4.78, 5) is 79.2. The van der Waals surface area contributed by atoms with Crippen LogP contribution in [-0.2, 0) is 23.9 Å². The van der Waals surface area contributed by atoms with E-state index in [0.717, 1.165) is 6.54 Å². The Morgan fingerprint density at radius 2 is 1.69 bits per heavy atom. The normalized spacial score (nSPS) is 27.0. The Hall–Kier alpha value is -6.44. The summed E-state index contributed by atoms with van der Waals surface area (Å²) in [6.45, 7) is 14.7. The summed E-state index contributed by atoms with van der Waals surface area (Å²) in [5.41, 5.74) is -0.142. The number of esters is 1. The summed E-state index contributed by atoms with van der Waals surface area (Å²) in [6.07, 6.45) is 8.95. The third kappa shape index (κ3) is 10.4. The summed E-state index contributed by atoms with van der Waals surface area (Å²) in [5, 5.41) is 50.0. The largest absolute Gasteiger partial charge is 0.507 e. The van der Waals surface area contributed by atoms with Crippen LogP contribution < -0.4 is 25.7 Å². The molecule has 5 bridgehead atoms. The Balaban J connectivity index is 1.08. The molecule has 6 aliphatic rings. The Labute approximate surface area is 406 Å². The Bertz CT molecular complexity index is 2750. The van der Waals surface area contributed by atoms with Gasteiger partial charge in [-0.15, -0.1) is 0 Å². The average molecular weight is 965 g/mol. The summed E-state index contributed by atoms with van der Waals surface area (Å²) < 4.78 is 18.2. The molecule has 1 aromatic heterocycles. The molecule has 2 amide bonds. The highest BCUT2D eigenvalue weighted by atomic mass is 16.7. The van der Waals surface area contributed by atoms with Gasteiger partial charge in [-0.25, -0.2) is 15.0 Å². The number of hydrogen-bond acceptors (Lipinski definition) is 17. The van der Waals surface area contributed by atoms with E-state index in [1.807, 2.05) is 4.90 Å². The number of aliphatic hydroxyl groups excluding tert-OH is 2. The molecule has 3 aromatic rings. The summed E-state index contributed by atoms with van der Waals surface area (Å²) >= 11 is 0. The number of hydrogen-bond donors (Lipinski definition) is 5. The molecule has 2 saturated heterocycles. The summed E-state index contributed by atoms with van der Waals surface area (Å²) in [5.74, 6) is -4.70. The number of anilines is 2. The van der Waals surface area contributed by atoms with Gasteiger partial charge in [0.1, 0.15) is 40.4 Å². The second kappa shape index (κ2) is 20.5. The number of likely N-dealkylation sites (tertiary alicyclic amines) is 1. The molecule has 5 N–H and O–H groups in total. The minimum Gasteiger partial charge on any atom is -0.507 e. The van der Waals surface area contributed by atoms with Crippen LogP contribution >= 0.6 is 0 Å². The number of carbonyl (C=O) groups is 4. The number of aromatic hydroxyl groups is 2. The standard InChI is InChI=1S/C51H64N8O11/c1-29(2)28-57-18-14-51(15-19-57)55-41-38-39-44(64)32(5)46-40(38)47(66)50(6,70-46)68-24-8-7-13-34(69-37(63)27-36(62)58-20-22-59(23-21-58)49-52-16-10-17-53-49)25-33(60)26-35(61)30(3)11-9-12-31(4)48(67)54-43(45(39)65)42(41)56-51/h8-12,16-17,24,29-30,33-35,55,60-61,64-65H,7,13-15,18-23,25-28H2,1-6H3/b11-9+,24-8+,31-12-,54-43?/t30?,33?,34-,35-,50+/m1/s1. The molecule has 1 spiro atoms. The fourth-order valence-corrected chi connectivity index (χ4v) is 9.83. The third-order valence-corrected chi connectivity index (χ3v) is 13.8. The lowest BCUT2D eigenvalue weighted by atomic mass is 9.92. The molecule has 2 fully saturated rings. The van der Waals surface area contributed by atoms with Gasteiger partial charge in [-0.1, -0.05) is 39.0 Å². The molecule has 5 atom stereocenters. The number of ether oxygens (including phenoxy) is 3. The molecule has 9 rings (SSSR count). The van der Waals surface area contributed by atoms with Crippen LogP contribution in [0.15, 0.2) is 64.6 Å². The molecule has 70 heavy (non-hydrogen) atoms. The van der Waals surface area contributed by atoms with Crippen LogP contribution in [0.4, 0.5) is 11.6 Å². The number of amides is 2. The number of phenols is 2. The van der Waals surface area contributed by atoms with E-state index in [1.54, 1.807) is 62.4 Å². The number of phenolic OH excluding ortho intramolecular Hbond substituents is 2. The van der Waals surface area contributed by atoms with Gasteiger partial charge in [-0.2, -0.15) is 0 Å². The number of allylic oxidation sites excluding steroid dienone is 3. The van der Waals surface area contributed by atoms with Crippen molar-refractivity contribution < 1.29 is 53.8 Å². The zero-order valence-corrected chi connectivity index (χ0v) is 40.7. The molecule has 0 saturated carbocycles. The lowest BCUT2D eigenvalue weighted by Crippen LogP contribution is -2.49. The van der Waals surface area contributed by atoms with Crippen molar-refractivity contribution in [2.75, 3.05) is 56.0 Å². The van der Waals surface area contributed by atoms with Crippen LogP contribution in [0.5, 0.6) is 17.2 Å². The van der Waals surface area contributed by atoms with Gasteiger partial charge < -0.3 is 54.7 Å². The van der Waals surface area contributed by atoms with Gasteiger partial charge in [0.15, 0.2) is 5.75 Å². The number of nitrogens with one attached hydrogen (secondary N) is 1. The van der Waals surface area contributed by atoms with E-state index >= 15 is 0 Å². The van der Waals surface area contributed by atoms with Crippen LogP contribution in [0.1, 0.15) is 95.5 Å². The molecule has 6 aliphatic heterocycles. The number of Topliss-reactive ketones (excluding diaryl/α,β-unsaturated/α-hetero) is 1. The van der Waals surface area contributed by atoms with Crippen LogP contribution in [0, 0.1) is 18.8 Å². The first kappa shape index (κ1) is 50.0. The van der Waals surface area contributed by atoms with Gasteiger partial charge >= 0.3 is 11.8 Å². The SMILES string of the molecule is C/C1=C/C=C/C(C)[C@H](O)CC(O)C[C@H](OC(=O)CC(=O)N2CCN(c3ncccn3)CC2)CC/C=C/O[C@@]2(C)Oc3c(C)c(O)c4c(O)c(c5c(c4c3C2=O)NC2(CCN(CC(C)C)CC2)N=5)=NC1=O. The third-order valence-electron chi connectivity index (χ3n) is 13.8. The maximum absolute atomic E-state index is 14.7. The fraction of sp³-hybridized carbons (Fsp3) is 0.529. The number of piperazine rings is 1. The second-order valence-electron chi connectivity index (χ2n) is 19.7. The maximum atomic E-state index is 14.7. The monoisotopic (exact) mass is 964 g/mol. The molecular formula is C51H64N8O11. The molecule has 0 radical (unpaired) electrons. The minimum absolute atomic E-state index is 0.0479. The number of piperidine rings is 1. The zero-order chi connectivity index (χ0) is 50.1. The van der Waals surface area contributed by atoms with Crippen LogP contribution in [-0.4, -0.2) is 139 Å². The quantitative estimate of drug-likeness (QED) is 0.134. The lowest BCUT2D eigenvalue weighted by molar-refractivity contribution is -0.155. The van der Waals surface area contributed by atoms with Crippen molar-refractivity contribution >= 4 is 46.0 Å². The van der Waals surface area contributed by atoms with E-state index in [4.69, 9.17) is 19.2 Å². The Morgan fingerprint density at radius 3 is 2.39 bits per heavy atom. The predicted molar refractivity (Wildman–Crippen MR) is 258 cm³/mol. The number of aromatic nitrogens is 2. The van der Waals surface area contributed by atoms with Crippen LogP contribution in [0.25, 0.3) is 10.8 Å². The Kier molecular flexibility index (Phi) is 14.6. The van der Waals surface area contributed by atoms with Crippen molar-refractivity contribution in [3.63, 3.8) is 0 Å². The summed E-state index contributed by atoms with van der Waals surface area (Å²) in [7, 11) is 0. The van der Waals surface area contributed by atoms with Crippen molar-refractivity contribution in [1.82, 2.24) is 19.8 Å². The second-order valence-corrected chi connectivity index (χ2v) is 19.7. The van der Waals surface area contributed by atoms with Crippen molar-refractivity contribution in [3.05, 3.63) is 76.4 Å². The number of nitrogens with zero attached hydrogens (tertiary/aromatic N) is 7. The average Bonchev–Trinajstić information content (AvgIpc) is 3.83. The highest BCUT2D eigenvalue weighted by molar-refractivity contribution is 6.21. The van der Waals surface area contributed by atoms with E-state index < -0.39 is 71.4 Å². The van der Waals surface area contributed by atoms with E-state index in [9.17, 15) is 39.6 Å². The molecule has 0 aliphatic carbocycles. The molecule has 7 heterocycles. The van der Waals surface area contributed by atoms with Crippen LogP contribution in [0.2, 0.25) is 0 Å². The van der Waals surface area contributed by atoms with Gasteiger partial charge in [0.25, 0.3) is 11.7 Å². The van der Waals surface area contributed by atoms with Crippen molar-refractivity contribution in [1.29, 1.82) is 0 Å². The number of aliphatic hydroxyl groups is 2. The molecule has 2 unspecified atom stereocenters. The van der Waals surface area contributed by atoms with E-state index in [1.165, 1.54) is 19.3 Å². The highest BCUT2D eigenvalue weighted by Crippen LogP contribution is 2.51. The van der Waals surface area contributed by atoms with Crippen LogP contribution in [0.3, 0.4) is 0 Å². The van der Waals surface area contributed by atoms with Gasteiger partial charge in [0.05, 0.1) is 35.1 Å². The number of rotatable bonds is 6. The summed E-state index contributed by atoms with van der Waals surface area (Å²) in [6, 6.07) is 1.73. The van der Waals surface area contributed by atoms with E-state index in [2.05, 4.69) is 39.0 Å². The molecule has 19 nitrogen and oxygen atoms in total. The van der Waals surface area contributed by atoms with Crippen molar-refractivity contribution in [2.24, 2.45) is 21.8 Å². The van der Waals surface area contributed by atoms with E-state index in [0.29, 0.717) is 69.7 Å². The maximum Gasteiger partial charge on any atom is 0.315 e. The number of benzene rings is 2. The number of ketones is 1. The predicted octanol–water partition coefficient (Wildman–Crippen LogP) is 3.90. The molecule has 19 heteroatoms. The smallest absolute Gasteiger partial charge is 0.315 e. The molecule has 2 aromatic carbocycles. The van der Waals surface area contributed by atoms with Crippen molar-refractivity contribution in [3.8, 4) is 17.2 Å². The number of carbonyl (C=O) groups excluding carboxylic acids is 4. The first-order valence-electron chi connectivity index (χ1n) is 24.2. The van der Waals surface area contributed by atoms with Gasteiger partial charge in [0.2, 0.25) is 11.9 Å². The first-order valence-corrected chi connectivity index (χ1v) is 24.2. The Morgan fingerprint density at radius 1 is 0.971 bits per heavy atom. The van der Waals surface area contributed by atoms with E-state index in [-0.39, 0.29) is 75.4 Å². The first-order chi connectivity index (χ1) is 33.4. The zero-order valence-electron chi connectivity index (χ0n) is 40.7. The topological polar surface area (TPSA) is 249 Å². The molecular weight excluding hydrogens is 901 g/mol. The van der Waals surface area contributed by atoms with Gasteiger partial charge in [0, 0.05) is 107 Å². The fourth-order valence-electron chi connectivity index (χ4n) is 9.83. The molecule has 374 valence electrons. The number of fused-ring (bicyclic) bond motifs is 13. The van der Waals surface area contributed by atoms with Gasteiger partial charge in [-0.05, 0) is 51.2 Å². The lowest BCUT2D eigenvalue weighted by Gasteiger charge is -2.38. The minimum atomic E-state index is -1.93. The van der Waals surface area contributed by atoms with Gasteiger partial charge in [-0.3, -0.25) is 24.2 Å². The highest BCUT2D eigenvalue weighted by Gasteiger charge is 2.50. The van der Waals surface area contributed by atoms with Crippen molar-refractivity contribution in [2.45, 2.75) is 116 Å².